The summed E-state index contributed by atoms with van der Waals surface area (Å²) in [5.41, 5.74) is 5.84. The summed E-state index contributed by atoms with van der Waals surface area (Å²) in [4.78, 5) is 17.0. The second kappa shape index (κ2) is 13.8. The van der Waals surface area contributed by atoms with Crippen molar-refractivity contribution in [3.05, 3.63) is 124 Å². The van der Waals surface area contributed by atoms with Crippen LogP contribution in [0.2, 0.25) is 0 Å². The lowest BCUT2D eigenvalue weighted by Crippen LogP contribution is -2.19. The number of nitrogens with zero attached hydrogens (tertiary/aromatic N) is 1. The Bertz CT molecular complexity index is 1640. The number of methoxy groups -OCH3 is 2. The van der Waals surface area contributed by atoms with Gasteiger partial charge in [-0.3, -0.25) is 9.79 Å². The fourth-order valence-corrected chi connectivity index (χ4v) is 4.90. The Morgan fingerprint density at radius 1 is 0.905 bits per heavy atom. The van der Waals surface area contributed by atoms with Crippen molar-refractivity contribution >= 4 is 11.7 Å². The Labute approximate surface area is 250 Å². The summed E-state index contributed by atoms with van der Waals surface area (Å²) < 4.78 is 51.9. The Balaban J connectivity index is 1.48. The van der Waals surface area contributed by atoms with Crippen LogP contribution >= 0.6 is 0 Å². The van der Waals surface area contributed by atoms with Crippen LogP contribution in [0.25, 0.3) is 0 Å². The molecule has 42 heavy (non-hydrogen) atoms. The van der Waals surface area contributed by atoms with Crippen LogP contribution in [0.1, 0.15) is 50.7 Å². The van der Waals surface area contributed by atoms with E-state index in [0.29, 0.717) is 36.4 Å². The second-order valence-electron chi connectivity index (χ2n) is 9.89. The molecule has 0 aliphatic carbocycles. The van der Waals surface area contributed by atoms with E-state index in [1.807, 2.05) is 72.8 Å². The normalized spacial score (nSPS) is 14.3. The molecule has 1 unspecified atom stereocenters. The number of rotatable bonds is 12. The summed E-state index contributed by atoms with van der Waals surface area (Å²) in [5, 5.41) is 0. The van der Waals surface area contributed by atoms with Gasteiger partial charge in [-0.1, -0.05) is 66.7 Å². The fourth-order valence-electron chi connectivity index (χ4n) is 4.90. The maximum Gasteiger partial charge on any atom is 0.305 e. The molecular formula is C35H35NO6. The molecule has 0 bridgehead atoms. The zero-order chi connectivity index (χ0) is 31.8. The zero-order valence-corrected chi connectivity index (χ0v) is 23.7. The number of carbonyl (C=O) groups excluding carboxylic acids is 1. The van der Waals surface area contributed by atoms with Crippen LogP contribution in [0.3, 0.4) is 0 Å². The van der Waals surface area contributed by atoms with Crippen LogP contribution < -0.4 is 14.2 Å². The van der Waals surface area contributed by atoms with Crippen molar-refractivity contribution in [2.45, 2.75) is 39.3 Å². The molecule has 0 fully saturated rings. The van der Waals surface area contributed by atoms with Crippen molar-refractivity contribution in [1.82, 2.24) is 0 Å². The number of esters is 1. The van der Waals surface area contributed by atoms with Gasteiger partial charge in [0.05, 0.1) is 24.9 Å². The largest absolute Gasteiger partial charge is 0.497 e. The number of ether oxygens (including phenoxy) is 5. The van der Waals surface area contributed by atoms with Gasteiger partial charge in [0.15, 0.2) is 11.5 Å². The average Bonchev–Trinajstić information content (AvgIpc) is 3.02. The third kappa shape index (κ3) is 7.17. The summed E-state index contributed by atoms with van der Waals surface area (Å²) in [6, 6.07) is 28.3. The van der Waals surface area contributed by atoms with Crippen molar-refractivity contribution in [3.63, 3.8) is 0 Å². The topological polar surface area (TPSA) is 75.6 Å². The first kappa shape index (κ1) is 25.1. The van der Waals surface area contributed by atoms with Gasteiger partial charge in [-0.25, -0.2) is 0 Å². The highest BCUT2D eigenvalue weighted by Crippen LogP contribution is 2.35. The third-order valence-electron chi connectivity index (χ3n) is 6.99. The predicted octanol–water partition coefficient (Wildman–Crippen LogP) is 6.65. The summed E-state index contributed by atoms with van der Waals surface area (Å²) in [7, 11) is -1.07. The molecule has 1 atom stereocenters. The molecular weight excluding hydrogens is 530 g/mol. The first-order chi connectivity index (χ1) is 21.7. The van der Waals surface area contributed by atoms with Gasteiger partial charge < -0.3 is 23.7 Å². The Kier molecular flexibility index (Phi) is 8.27. The van der Waals surface area contributed by atoms with E-state index in [2.05, 4.69) is 0 Å². The smallest absolute Gasteiger partial charge is 0.305 e. The monoisotopic (exact) mass is 568 g/mol. The fraction of sp³-hybridized carbons (Fsp3) is 0.257. The highest BCUT2D eigenvalue weighted by molar-refractivity contribution is 6.04. The molecule has 0 N–H and O–H groups in total. The Morgan fingerprint density at radius 3 is 2.33 bits per heavy atom. The van der Waals surface area contributed by atoms with E-state index in [0.717, 1.165) is 33.5 Å². The van der Waals surface area contributed by atoms with E-state index in [9.17, 15) is 4.79 Å². The molecule has 1 heterocycles. The SMILES string of the molecule is [2H]C([2H])([2H])Oc1cc2c(cc1OCc1ccccc1)C(Cc1ccc(OC)cc1C(OCc1ccccc1)OC(C)=O)=NCC2. The minimum Gasteiger partial charge on any atom is -0.497 e. The molecule has 0 saturated heterocycles. The standard InChI is InChI=1S/C35H35NO6/c1-24(37)42-35(41-23-26-12-8-5-9-13-26)31-20-29(38-2)15-14-27(31)18-32-30-21-34(40-22-25-10-6-4-7-11-25)33(39-3)19-28(30)16-17-36-32/h4-15,19-21,35H,16-18,22-23H2,1-3H3/i3D3. The molecule has 5 rings (SSSR count). The predicted molar refractivity (Wildman–Crippen MR) is 161 cm³/mol. The van der Waals surface area contributed by atoms with E-state index < -0.39 is 19.3 Å². The molecule has 1 aliphatic heterocycles. The molecule has 1 aliphatic rings. The third-order valence-corrected chi connectivity index (χ3v) is 6.99. The molecule has 0 aromatic heterocycles. The Morgan fingerprint density at radius 2 is 1.64 bits per heavy atom. The lowest BCUT2D eigenvalue weighted by molar-refractivity contribution is -0.181. The second-order valence-corrected chi connectivity index (χ2v) is 9.89. The van der Waals surface area contributed by atoms with Crippen LogP contribution in [-0.2, 0) is 40.3 Å². The summed E-state index contributed by atoms with van der Waals surface area (Å²) in [6.07, 6.45) is 0.00776. The highest BCUT2D eigenvalue weighted by atomic mass is 16.7. The molecule has 4 aromatic carbocycles. The van der Waals surface area contributed by atoms with Crippen molar-refractivity contribution in [2.75, 3.05) is 20.7 Å². The van der Waals surface area contributed by atoms with Crippen LogP contribution in [0.5, 0.6) is 17.2 Å². The molecule has 7 nitrogen and oxygen atoms in total. The zero-order valence-electron chi connectivity index (χ0n) is 26.7. The number of hydrogen-bond acceptors (Lipinski definition) is 7. The van der Waals surface area contributed by atoms with Crippen molar-refractivity contribution < 1.29 is 32.6 Å². The molecule has 7 heteroatoms. The molecule has 0 spiro atoms. The lowest BCUT2D eigenvalue weighted by Gasteiger charge is -2.24. The van der Waals surface area contributed by atoms with Gasteiger partial charge in [-0.05, 0) is 52.9 Å². The van der Waals surface area contributed by atoms with Gasteiger partial charge in [0.2, 0.25) is 6.29 Å². The van der Waals surface area contributed by atoms with Gasteiger partial charge in [0.25, 0.3) is 0 Å². The summed E-state index contributed by atoms with van der Waals surface area (Å²) in [5.74, 6) is 0.565. The molecule has 4 aromatic rings. The molecule has 216 valence electrons. The number of benzene rings is 4. The molecule has 0 saturated carbocycles. The van der Waals surface area contributed by atoms with E-state index in [1.54, 1.807) is 25.3 Å². The number of hydrogen-bond donors (Lipinski definition) is 0. The summed E-state index contributed by atoms with van der Waals surface area (Å²) in [6.45, 7) is 2.32. The van der Waals surface area contributed by atoms with Gasteiger partial charge in [-0.2, -0.15) is 0 Å². The van der Waals surface area contributed by atoms with Gasteiger partial charge in [0.1, 0.15) is 12.4 Å². The molecule has 0 radical (unpaired) electrons. The highest BCUT2D eigenvalue weighted by Gasteiger charge is 2.24. The van der Waals surface area contributed by atoms with E-state index in [1.165, 1.54) is 6.92 Å². The van der Waals surface area contributed by atoms with E-state index >= 15 is 0 Å². The van der Waals surface area contributed by atoms with E-state index in [-0.39, 0.29) is 19.0 Å². The van der Waals surface area contributed by atoms with Gasteiger partial charge in [0, 0.05) is 36.7 Å². The number of aliphatic imine (C=N–C) groups is 1. The summed E-state index contributed by atoms with van der Waals surface area (Å²) >= 11 is 0. The first-order valence-corrected chi connectivity index (χ1v) is 13.7. The molecule has 0 amide bonds. The minimum atomic E-state index is -2.64. The minimum absolute atomic E-state index is 0.153. The lowest BCUT2D eigenvalue weighted by atomic mass is 9.91. The van der Waals surface area contributed by atoms with Crippen molar-refractivity contribution in [2.24, 2.45) is 4.99 Å². The van der Waals surface area contributed by atoms with Gasteiger partial charge in [-0.15, -0.1) is 0 Å². The number of fused-ring (bicyclic) bond motifs is 1. The van der Waals surface area contributed by atoms with Crippen LogP contribution in [0, 0.1) is 0 Å². The first-order valence-electron chi connectivity index (χ1n) is 15.2. The maximum absolute atomic E-state index is 12.2. The maximum atomic E-state index is 12.2. The van der Waals surface area contributed by atoms with Gasteiger partial charge >= 0.3 is 5.97 Å². The van der Waals surface area contributed by atoms with Crippen LogP contribution in [-0.4, -0.2) is 32.4 Å². The van der Waals surface area contributed by atoms with Crippen molar-refractivity contribution in [3.8, 4) is 17.2 Å². The quantitative estimate of drug-likeness (QED) is 0.141. The van der Waals surface area contributed by atoms with E-state index in [4.69, 9.17) is 32.8 Å². The average molecular weight is 569 g/mol. The van der Waals surface area contributed by atoms with Crippen molar-refractivity contribution in [1.29, 1.82) is 0 Å². The number of carbonyl (C=O) groups is 1. The Hall–Kier alpha value is -4.62. The van der Waals surface area contributed by atoms with Crippen LogP contribution in [0.15, 0.2) is 96.0 Å². The van der Waals surface area contributed by atoms with Crippen LogP contribution in [0.4, 0.5) is 0 Å².